The molecule has 2 atom stereocenters. The fraction of sp³-hybridized carbons (Fsp3) is 1.00. The maximum Gasteiger partial charge on any atom is 0.0620 e. The lowest BCUT2D eigenvalue weighted by atomic mass is 10.1. The van der Waals surface area contributed by atoms with Crippen molar-refractivity contribution in [2.45, 2.75) is 32.4 Å². The summed E-state index contributed by atoms with van der Waals surface area (Å²) in [5.74, 6) is 0. The molecule has 1 fully saturated rings. The van der Waals surface area contributed by atoms with Crippen molar-refractivity contribution < 1.29 is 4.74 Å². The fourth-order valence-electron chi connectivity index (χ4n) is 1.75. The highest BCUT2D eigenvalue weighted by molar-refractivity contribution is 5.85. The van der Waals surface area contributed by atoms with E-state index in [1.165, 1.54) is 0 Å². The molecule has 0 aromatic rings. The number of hydrogen-bond donors (Lipinski definition) is 1. The van der Waals surface area contributed by atoms with Gasteiger partial charge in [-0.05, 0) is 26.8 Å². The Labute approximate surface area is 87.0 Å². The van der Waals surface area contributed by atoms with Gasteiger partial charge in [-0.2, -0.15) is 0 Å². The van der Waals surface area contributed by atoms with Crippen LogP contribution in [0, 0.1) is 0 Å². The van der Waals surface area contributed by atoms with Crippen molar-refractivity contribution in [2.24, 2.45) is 5.73 Å². The summed E-state index contributed by atoms with van der Waals surface area (Å²) in [7, 11) is 0. The van der Waals surface area contributed by atoms with Crippen molar-refractivity contribution in [2.75, 3.05) is 26.3 Å². The molecular weight excluding hydrogens is 188 g/mol. The summed E-state index contributed by atoms with van der Waals surface area (Å²) >= 11 is 0. The molecule has 2 N–H and O–H groups in total. The maximum atomic E-state index is 5.48. The predicted molar refractivity (Wildman–Crippen MR) is 57.4 cm³/mol. The van der Waals surface area contributed by atoms with E-state index in [9.17, 15) is 0 Å². The zero-order chi connectivity index (χ0) is 8.97. The molecule has 13 heavy (non-hydrogen) atoms. The van der Waals surface area contributed by atoms with Crippen molar-refractivity contribution in [1.29, 1.82) is 0 Å². The smallest absolute Gasteiger partial charge is 0.0620 e. The summed E-state index contributed by atoms with van der Waals surface area (Å²) in [6, 6.07) is 1.11. The molecule has 1 aliphatic rings. The summed E-state index contributed by atoms with van der Waals surface area (Å²) in [6.07, 6.45) is 1.09. The van der Waals surface area contributed by atoms with Crippen LogP contribution in [0.25, 0.3) is 0 Å². The van der Waals surface area contributed by atoms with Crippen LogP contribution in [0.3, 0.4) is 0 Å². The van der Waals surface area contributed by atoms with Gasteiger partial charge < -0.3 is 10.5 Å². The number of hydrogen-bond acceptors (Lipinski definition) is 3. The number of halogens is 1. The molecule has 0 bridgehead atoms. The van der Waals surface area contributed by atoms with Crippen LogP contribution in [0.1, 0.15) is 20.3 Å². The quantitative estimate of drug-likeness (QED) is 0.748. The summed E-state index contributed by atoms with van der Waals surface area (Å²) in [5, 5.41) is 0. The highest BCUT2D eigenvalue weighted by atomic mass is 35.5. The third-order valence-corrected chi connectivity index (χ3v) is 2.47. The van der Waals surface area contributed by atoms with Gasteiger partial charge in [0.1, 0.15) is 0 Å². The average Bonchev–Trinajstić information content (AvgIpc) is 2.04. The molecule has 0 aromatic heterocycles. The minimum atomic E-state index is 0. The van der Waals surface area contributed by atoms with Crippen LogP contribution in [0.15, 0.2) is 0 Å². The van der Waals surface area contributed by atoms with Gasteiger partial charge in [0.05, 0.1) is 13.2 Å². The molecule has 0 spiro atoms. The molecule has 3 nitrogen and oxygen atoms in total. The second kappa shape index (κ2) is 6.60. The van der Waals surface area contributed by atoms with Crippen LogP contribution in [-0.2, 0) is 4.74 Å². The normalized spacial score (nSPS) is 29.8. The number of ether oxygens (including phenoxy) is 1. The lowest BCUT2D eigenvalue weighted by Crippen LogP contribution is -2.50. The lowest BCUT2D eigenvalue weighted by Gasteiger charge is -2.38. The molecule has 1 aliphatic heterocycles. The van der Waals surface area contributed by atoms with E-state index in [0.29, 0.717) is 12.1 Å². The van der Waals surface area contributed by atoms with Crippen molar-refractivity contribution >= 4 is 12.4 Å². The first-order valence-corrected chi connectivity index (χ1v) is 4.79. The second-order valence-electron chi connectivity index (χ2n) is 3.62. The van der Waals surface area contributed by atoms with Gasteiger partial charge in [0, 0.05) is 18.6 Å². The maximum absolute atomic E-state index is 5.48. The molecule has 2 unspecified atom stereocenters. The van der Waals surface area contributed by atoms with E-state index >= 15 is 0 Å². The summed E-state index contributed by atoms with van der Waals surface area (Å²) in [5.41, 5.74) is 5.48. The first-order valence-electron chi connectivity index (χ1n) is 4.79. The molecule has 4 heteroatoms. The zero-order valence-electron chi connectivity index (χ0n) is 8.53. The topological polar surface area (TPSA) is 38.5 Å². The van der Waals surface area contributed by atoms with E-state index < -0.39 is 0 Å². The zero-order valence-corrected chi connectivity index (χ0v) is 9.35. The minimum absolute atomic E-state index is 0. The van der Waals surface area contributed by atoms with Gasteiger partial charge in [-0.3, -0.25) is 4.90 Å². The Hall–Kier alpha value is 0.170. The van der Waals surface area contributed by atoms with Gasteiger partial charge in [-0.25, -0.2) is 0 Å². The molecule has 0 aromatic carbocycles. The largest absolute Gasteiger partial charge is 0.378 e. The molecular formula is C9H21ClN2O. The summed E-state index contributed by atoms with van der Waals surface area (Å²) in [6.45, 7) is 8.07. The minimum Gasteiger partial charge on any atom is -0.378 e. The molecule has 1 rings (SSSR count). The monoisotopic (exact) mass is 208 g/mol. The number of morpholine rings is 1. The van der Waals surface area contributed by atoms with Crippen molar-refractivity contribution in [3.05, 3.63) is 0 Å². The Balaban J connectivity index is 0.00000144. The molecule has 1 heterocycles. The summed E-state index contributed by atoms with van der Waals surface area (Å²) in [4.78, 5) is 2.48. The standard InChI is InChI=1S/C9H20N2O.ClH/c1-8-6-12-7-9(2)11(8)5-3-4-10;/h8-9H,3-7,10H2,1-2H3;1H. The Morgan fingerprint density at radius 2 is 1.85 bits per heavy atom. The van der Waals surface area contributed by atoms with Gasteiger partial charge in [-0.15, -0.1) is 12.4 Å². The molecule has 0 radical (unpaired) electrons. The predicted octanol–water partition coefficient (Wildman–Crippen LogP) is 0.866. The number of nitrogens with two attached hydrogens (primary N) is 1. The van der Waals surface area contributed by atoms with E-state index in [1.807, 2.05) is 0 Å². The third kappa shape index (κ3) is 3.81. The molecule has 0 amide bonds. The van der Waals surface area contributed by atoms with E-state index in [-0.39, 0.29) is 12.4 Å². The first-order chi connectivity index (χ1) is 5.75. The molecule has 1 saturated heterocycles. The summed E-state index contributed by atoms with van der Waals surface area (Å²) < 4.78 is 5.43. The third-order valence-electron chi connectivity index (χ3n) is 2.47. The highest BCUT2D eigenvalue weighted by Gasteiger charge is 2.24. The van der Waals surface area contributed by atoms with Crippen LogP contribution in [0.4, 0.5) is 0 Å². The van der Waals surface area contributed by atoms with Crippen LogP contribution < -0.4 is 5.73 Å². The second-order valence-corrected chi connectivity index (χ2v) is 3.62. The molecule has 0 aliphatic carbocycles. The SMILES string of the molecule is CC1COCC(C)N1CCCN.Cl. The van der Waals surface area contributed by atoms with Crippen LogP contribution in [0.5, 0.6) is 0 Å². The highest BCUT2D eigenvalue weighted by Crippen LogP contribution is 2.12. The Bertz CT molecular complexity index is 125. The Morgan fingerprint density at radius 3 is 2.31 bits per heavy atom. The van der Waals surface area contributed by atoms with E-state index in [1.54, 1.807) is 0 Å². The molecule has 80 valence electrons. The van der Waals surface area contributed by atoms with E-state index in [2.05, 4.69) is 18.7 Å². The van der Waals surface area contributed by atoms with Crippen LogP contribution >= 0.6 is 12.4 Å². The Morgan fingerprint density at radius 1 is 1.31 bits per heavy atom. The van der Waals surface area contributed by atoms with Crippen LogP contribution in [-0.4, -0.2) is 43.3 Å². The van der Waals surface area contributed by atoms with E-state index in [0.717, 1.165) is 32.7 Å². The lowest BCUT2D eigenvalue weighted by molar-refractivity contribution is -0.0365. The van der Waals surface area contributed by atoms with Gasteiger partial charge >= 0.3 is 0 Å². The van der Waals surface area contributed by atoms with Crippen LogP contribution in [0.2, 0.25) is 0 Å². The van der Waals surface area contributed by atoms with Gasteiger partial charge in [0.25, 0.3) is 0 Å². The van der Waals surface area contributed by atoms with Gasteiger partial charge in [0.15, 0.2) is 0 Å². The number of rotatable bonds is 3. The van der Waals surface area contributed by atoms with Gasteiger partial charge in [0.2, 0.25) is 0 Å². The van der Waals surface area contributed by atoms with E-state index in [4.69, 9.17) is 10.5 Å². The Kier molecular flexibility index (Phi) is 6.68. The fourth-order valence-corrected chi connectivity index (χ4v) is 1.75. The van der Waals surface area contributed by atoms with Gasteiger partial charge in [-0.1, -0.05) is 0 Å². The number of nitrogens with zero attached hydrogens (tertiary/aromatic N) is 1. The average molecular weight is 209 g/mol. The van der Waals surface area contributed by atoms with Crippen molar-refractivity contribution in [3.63, 3.8) is 0 Å². The van der Waals surface area contributed by atoms with Crippen molar-refractivity contribution in [3.8, 4) is 0 Å². The first kappa shape index (κ1) is 13.2. The molecule has 0 saturated carbocycles. The van der Waals surface area contributed by atoms with Crippen molar-refractivity contribution in [1.82, 2.24) is 4.90 Å².